The summed E-state index contributed by atoms with van der Waals surface area (Å²) >= 11 is 0. The van der Waals surface area contributed by atoms with E-state index in [1.807, 2.05) is 19.9 Å². The second kappa shape index (κ2) is 11.7. The van der Waals surface area contributed by atoms with Crippen LogP contribution in [0.25, 0.3) is 0 Å². The van der Waals surface area contributed by atoms with Gasteiger partial charge in [0.05, 0.1) is 0 Å². The second-order valence-electron chi connectivity index (χ2n) is 7.38. The van der Waals surface area contributed by atoms with Crippen molar-refractivity contribution in [3.8, 4) is 11.5 Å². The van der Waals surface area contributed by atoms with Crippen LogP contribution in [0.1, 0.15) is 46.5 Å². The highest BCUT2D eigenvalue weighted by Gasteiger charge is 2.33. The number of benzene rings is 1. The summed E-state index contributed by atoms with van der Waals surface area (Å²) < 4.78 is 47.2. The van der Waals surface area contributed by atoms with Gasteiger partial charge in [-0.2, -0.15) is 4.99 Å². The Hall–Kier alpha value is -3.01. The van der Waals surface area contributed by atoms with Crippen molar-refractivity contribution in [1.29, 1.82) is 0 Å². The smallest absolute Gasteiger partial charge is 0.443 e. The lowest BCUT2D eigenvalue weighted by Gasteiger charge is -2.36. The molecule has 0 fully saturated rings. The van der Waals surface area contributed by atoms with Crippen LogP contribution >= 0.6 is 0 Å². The molecule has 7 nitrogen and oxygen atoms in total. The molecule has 0 spiro atoms. The van der Waals surface area contributed by atoms with Gasteiger partial charge in [0.1, 0.15) is 17.3 Å². The number of aliphatic imine (C=N–C) groups is 1. The van der Waals surface area contributed by atoms with Crippen molar-refractivity contribution in [2.45, 2.75) is 52.8 Å². The van der Waals surface area contributed by atoms with Crippen molar-refractivity contribution < 1.29 is 32.5 Å². The number of halogens is 3. The summed E-state index contributed by atoms with van der Waals surface area (Å²) in [4.78, 5) is 20.6. The highest BCUT2D eigenvalue weighted by atomic mass is 19.4. The number of ether oxygens (including phenoxy) is 2. The zero-order valence-corrected chi connectivity index (χ0v) is 19.3. The summed E-state index contributed by atoms with van der Waals surface area (Å²) in [5, 5.41) is 9.21. The lowest BCUT2D eigenvalue weighted by molar-refractivity contribution is -0.274. The van der Waals surface area contributed by atoms with E-state index in [1.165, 1.54) is 23.1 Å². The molecule has 1 N–H and O–H groups in total. The standard InChI is InChI=1S/C23H30F3N3O4/c1-5-7-12-19-16(3)21(28(4)22(31)29(19)13-9-14-30)27-20(6-2)32-17-10-8-11-18(15-17)33-23(24,25)26/h8,10-12,15,30H,5-7,9,13-14H2,1-4H3/b19-12-,27-20+. The predicted octanol–water partition coefficient (Wildman–Crippen LogP) is 5.44. The summed E-state index contributed by atoms with van der Waals surface area (Å²) in [5.41, 5.74) is 1.48. The minimum absolute atomic E-state index is 0.0345. The maximum Gasteiger partial charge on any atom is 0.573 e. The van der Waals surface area contributed by atoms with Gasteiger partial charge < -0.3 is 14.6 Å². The lowest BCUT2D eigenvalue weighted by Crippen LogP contribution is -2.45. The van der Waals surface area contributed by atoms with E-state index in [0.717, 1.165) is 30.2 Å². The molecule has 10 heteroatoms. The molecular formula is C23H30F3N3O4. The third-order valence-electron chi connectivity index (χ3n) is 4.82. The molecule has 0 aromatic heterocycles. The van der Waals surface area contributed by atoms with Crippen LogP contribution in [0.3, 0.4) is 0 Å². The Morgan fingerprint density at radius 1 is 1.24 bits per heavy atom. The number of nitrogens with zero attached hydrogens (tertiary/aromatic N) is 3. The first-order chi connectivity index (χ1) is 15.6. The number of hydrogen-bond donors (Lipinski definition) is 1. The van der Waals surface area contributed by atoms with Gasteiger partial charge in [-0.3, -0.25) is 9.80 Å². The van der Waals surface area contributed by atoms with E-state index in [0.29, 0.717) is 25.2 Å². The summed E-state index contributed by atoms with van der Waals surface area (Å²) in [6.07, 6.45) is -0.402. The van der Waals surface area contributed by atoms with E-state index >= 15 is 0 Å². The van der Waals surface area contributed by atoms with Gasteiger partial charge in [0.15, 0.2) is 5.90 Å². The number of hydrogen-bond acceptors (Lipinski definition) is 5. The largest absolute Gasteiger partial charge is 0.573 e. The normalized spacial score (nSPS) is 16.7. The van der Waals surface area contributed by atoms with Gasteiger partial charge in [-0.1, -0.05) is 32.4 Å². The molecule has 0 radical (unpaired) electrons. The zero-order valence-electron chi connectivity index (χ0n) is 19.3. The summed E-state index contributed by atoms with van der Waals surface area (Å²) in [6.45, 7) is 6.00. The first-order valence-corrected chi connectivity index (χ1v) is 10.8. The minimum Gasteiger partial charge on any atom is -0.443 e. The fourth-order valence-electron chi connectivity index (χ4n) is 3.25. The minimum atomic E-state index is -4.81. The van der Waals surface area contributed by atoms with Gasteiger partial charge in [0.2, 0.25) is 0 Å². The molecule has 0 aliphatic carbocycles. The van der Waals surface area contributed by atoms with Gasteiger partial charge in [-0.15, -0.1) is 13.2 Å². The van der Waals surface area contributed by atoms with Crippen LogP contribution in [0.15, 0.2) is 52.4 Å². The maximum atomic E-state index is 13.0. The van der Waals surface area contributed by atoms with Crippen molar-refractivity contribution in [2.75, 3.05) is 20.2 Å². The number of urea groups is 1. The molecule has 0 saturated carbocycles. The molecule has 1 heterocycles. The number of allylic oxidation sites excluding steroid dienone is 2. The molecule has 33 heavy (non-hydrogen) atoms. The van der Waals surface area contributed by atoms with E-state index in [1.54, 1.807) is 18.9 Å². The first-order valence-electron chi connectivity index (χ1n) is 10.8. The number of carbonyl (C=O) groups is 1. The van der Waals surface area contributed by atoms with Crippen molar-refractivity contribution in [3.63, 3.8) is 0 Å². The number of unbranched alkanes of at least 4 members (excludes halogenated alkanes) is 1. The van der Waals surface area contributed by atoms with Crippen molar-refractivity contribution in [2.24, 2.45) is 4.99 Å². The number of alkyl halides is 3. The van der Waals surface area contributed by atoms with Crippen LogP contribution in [0.4, 0.5) is 18.0 Å². The van der Waals surface area contributed by atoms with Crippen LogP contribution in [0, 0.1) is 0 Å². The van der Waals surface area contributed by atoms with E-state index in [2.05, 4.69) is 9.73 Å². The Balaban J connectivity index is 2.40. The Kier molecular flexibility index (Phi) is 9.33. The van der Waals surface area contributed by atoms with Crippen molar-refractivity contribution in [3.05, 3.63) is 47.4 Å². The number of carbonyl (C=O) groups excluding carboxylic acids is 1. The van der Waals surface area contributed by atoms with E-state index in [4.69, 9.17) is 4.74 Å². The van der Waals surface area contributed by atoms with Gasteiger partial charge in [0, 0.05) is 44.0 Å². The number of amides is 2. The summed E-state index contributed by atoms with van der Waals surface area (Å²) in [5.74, 6) is 0.348. The van der Waals surface area contributed by atoms with Crippen LogP contribution in [-0.4, -0.2) is 53.4 Å². The topological polar surface area (TPSA) is 74.6 Å². The van der Waals surface area contributed by atoms with Crippen LogP contribution in [0.5, 0.6) is 11.5 Å². The van der Waals surface area contributed by atoms with Gasteiger partial charge in [-0.25, -0.2) is 4.79 Å². The second-order valence-corrected chi connectivity index (χ2v) is 7.38. The molecule has 0 unspecified atom stereocenters. The van der Waals surface area contributed by atoms with Crippen LogP contribution < -0.4 is 9.47 Å². The van der Waals surface area contributed by atoms with Gasteiger partial charge >= 0.3 is 12.4 Å². The lowest BCUT2D eigenvalue weighted by atomic mass is 10.1. The van der Waals surface area contributed by atoms with E-state index in [9.17, 15) is 23.1 Å². The highest BCUT2D eigenvalue weighted by molar-refractivity contribution is 5.84. The molecule has 2 rings (SSSR count). The Bertz CT molecular complexity index is 926. The van der Waals surface area contributed by atoms with Crippen molar-refractivity contribution >= 4 is 11.9 Å². The predicted molar refractivity (Wildman–Crippen MR) is 119 cm³/mol. The Labute approximate surface area is 191 Å². The van der Waals surface area contributed by atoms with E-state index < -0.39 is 12.1 Å². The SMILES string of the molecule is CCC/C=C1C(C)=C(/N=C(\CC)Oc2cccc(OC(F)(F)F)c2)N(C)C(=O)N/1CCCO. The number of aliphatic hydroxyl groups is 1. The van der Waals surface area contributed by atoms with Crippen LogP contribution in [-0.2, 0) is 0 Å². The monoisotopic (exact) mass is 469 g/mol. The summed E-state index contributed by atoms with van der Waals surface area (Å²) in [7, 11) is 1.60. The fraction of sp³-hybridized carbons (Fsp3) is 0.478. The molecule has 1 aromatic carbocycles. The number of rotatable bonds is 9. The van der Waals surface area contributed by atoms with E-state index in [-0.39, 0.29) is 24.3 Å². The number of aliphatic hydroxyl groups excluding tert-OH is 1. The highest BCUT2D eigenvalue weighted by Crippen LogP contribution is 2.31. The molecule has 1 aliphatic rings. The molecule has 1 aromatic rings. The quantitative estimate of drug-likeness (QED) is 0.386. The maximum absolute atomic E-state index is 13.0. The average molecular weight is 470 g/mol. The molecule has 1 aliphatic heterocycles. The van der Waals surface area contributed by atoms with Crippen LogP contribution in [0.2, 0.25) is 0 Å². The fourth-order valence-corrected chi connectivity index (χ4v) is 3.25. The van der Waals surface area contributed by atoms with Crippen molar-refractivity contribution in [1.82, 2.24) is 9.80 Å². The first kappa shape index (κ1) is 26.2. The zero-order chi connectivity index (χ0) is 24.6. The molecule has 0 saturated heterocycles. The third-order valence-corrected chi connectivity index (χ3v) is 4.82. The Morgan fingerprint density at radius 3 is 2.55 bits per heavy atom. The third kappa shape index (κ3) is 7.24. The Morgan fingerprint density at radius 2 is 1.94 bits per heavy atom. The summed E-state index contributed by atoms with van der Waals surface area (Å²) in [6, 6.07) is 4.89. The molecular weight excluding hydrogens is 439 g/mol. The van der Waals surface area contributed by atoms with Gasteiger partial charge in [-0.05, 0) is 31.9 Å². The molecule has 182 valence electrons. The molecule has 0 atom stereocenters. The average Bonchev–Trinajstić information content (AvgIpc) is 2.75. The molecule has 0 bridgehead atoms. The molecule has 2 amide bonds. The van der Waals surface area contributed by atoms with Gasteiger partial charge in [0.25, 0.3) is 0 Å².